The van der Waals surface area contributed by atoms with Gasteiger partial charge in [-0.15, -0.1) is 11.3 Å². The van der Waals surface area contributed by atoms with Gasteiger partial charge in [-0.1, -0.05) is 31.2 Å². The van der Waals surface area contributed by atoms with E-state index in [2.05, 4.69) is 52.1 Å². The molecule has 29 heavy (non-hydrogen) atoms. The van der Waals surface area contributed by atoms with E-state index in [-0.39, 0.29) is 17.7 Å². The van der Waals surface area contributed by atoms with E-state index >= 15 is 0 Å². The Labute approximate surface area is 177 Å². The average molecular weight is 417 g/mol. The quantitative estimate of drug-likeness (QED) is 0.464. The van der Waals surface area contributed by atoms with Gasteiger partial charge in [0.05, 0.1) is 16.1 Å². The van der Waals surface area contributed by atoms with Crippen molar-refractivity contribution in [1.29, 1.82) is 0 Å². The molecule has 0 aliphatic rings. The van der Waals surface area contributed by atoms with Crippen molar-refractivity contribution in [2.45, 2.75) is 45.4 Å². The SMILES string of the molecule is CNCCNC(=O)CCCCNC(=O)C[C@H](C)c1ccc(-c2scnc2C)cc1. The molecule has 1 heterocycles. The summed E-state index contributed by atoms with van der Waals surface area (Å²) in [6, 6.07) is 8.40. The molecule has 3 N–H and O–H groups in total. The number of unbranched alkanes of at least 4 members (excludes halogenated alkanes) is 1. The summed E-state index contributed by atoms with van der Waals surface area (Å²) in [6.45, 7) is 6.12. The highest BCUT2D eigenvalue weighted by molar-refractivity contribution is 7.13. The van der Waals surface area contributed by atoms with Gasteiger partial charge < -0.3 is 16.0 Å². The van der Waals surface area contributed by atoms with Gasteiger partial charge in [-0.3, -0.25) is 9.59 Å². The molecule has 0 spiro atoms. The second kappa shape index (κ2) is 12.3. The second-order valence-corrected chi connectivity index (χ2v) is 8.11. The summed E-state index contributed by atoms with van der Waals surface area (Å²) in [5.41, 5.74) is 5.23. The van der Waals surface area contributed by atoms with Crippen LogP contribution < -0.4 is 16.0 Å². The Bertz CT molecular complexity index is 773. The number of hydrogen-bond donors (Lipinski definition) is 3. The van der Waals surface area contributed by atoms with Gasteiger partial charge in [0, 0.05) is 32.5 Å². The first kappa shape index (κ1) is 23.0. The Hall–Kier alpha value is -2.25. The number of aromatic nitrogens is 1. The smallest absolute Gasteiger partial charge is 0.220 e. The topological polar surface area (TPSA) is 83.1 Å². The third-order valence-electron chi connectivity index (χ3n) is 4.83. The van der Waals surface area contributed by atoms with Crippen molar-refractivity contribution in [3.05, 3.63) is 41.0 Å². The van der Waals surface area contributed by atoms with Crippen LogP contribution in [0.2, 0.25) is 0 Å². The molecule has 2 amide bonds. The van der Waals surface area contributed by atoms with E-state index in [9.17, 15) is 9.59 Å². The number of rotatable bonds is 12. The van der Waals surface area contributed by atoms with Crippen molar-refractivity contribution >= 4 is 23.2 Å². The monoisotopic (exact) mass is 416 g/mol. The molecular formula is C22H32N4O2S. The fourth-order valence-electron chi connectivity index (χ4n) is 3.06. The van der Waals surface area contributed by atoms with E-state index < -0.39 is 0 Å². The van der Waals surface area contributed by atoms with Crippen molar-refractivity contribution in [2.75, 3.05) is 26.7 Å². The van der Waals surface area contributed by atoms with Crippen LogP contribution in [0.25, 0.3) is 10.4 Å². The number of hydrogen-bond acceptors (Lipinski definition) is 5. The summed E-state index contributed by atoms with van der Waals surface area (Å²) in [5, 5.41) is 8.80. The minimum Gasteiger partial charge on any atom is -0.356 e. The molecule has 2 aromatic rings. The first-order valence-electron chi connectivity index (χ1n) is 10.2. The summed E-state index contributed by atoms with van der Waals surface area (Å²) in [5.74, 6) is 0.278. The third-order valence-corrected chi connectivity index (χ3v) is 5.81. The fraction of sp³-hybridized carbons (Fsp3) is 0.500. The summed E-state index contributed by atoms with van der Waals surface area (Å²) in [4.78, 5) is 29.3. The predicted molar refractivity (Wildman–Crippen MR) is 119 cm³/mol. The van der Waals surface area contributed by atoms with Gasteiger partial charge in [0.15, 0.2) is 0 Å². The first-order valence-corrected chi connectivity index (χ1v) is 11.1. The molecule has 0 radical (unpaired) electrons. The lowest BCUT2D eigenvalue weighted by Gasteiger charge is -2.13. The molecule has 0 saturated heterocycles. The molecule has 0 aliphatic heterocycles. The maximum absolute atomic E-state index is 12.2. The van der Waals surface area contributed by atoms with Crippen LogP contribution in [0.3, 0.4) is 0 Å². The van der Waals surface area contributed by atoms with Crippen LogP contribution in [0, 0.1) is 6.92 Å². The van der Waals surface area contributed by atoms with E-state index in [1.54, 1.807) is 11.3 Å². The van der Waals surface area contributed by atoms with E-state index in [0.717, 1.165) is 30.6 Å². The first-order chi connectivity index (χ1) is 14.0. The molecule has 0 fully saturated rings. The van der Waals surface area contributed by atoms with Gasteiger partial charge in [-0.05, 0) is 43.9 Å². The van der Waals surface area contributed by atoms with Crippen molar-refractivity contribution in [3.8, 4) is 10.4 Å². The van der Waals surface area contributed by atoms with Crippen molar-refractivity contribution in [1.82, 2.24) is 20.9 Å². The predicted octanol–water partition coefficient (Wildman–Crippen LogP) is 3.23. The minimum absolute atomic E-state index is 0.0540. The van der Waals surface area contributed by atoms with Crippen molar-refractivity contribution in [3.63, 3.8) is 0 Å². The highest BCUT2D eigenvalue weighted by atomic mass is 32.1. The number of thiazole rings is 1. The second-order valence-electron chi connectivity index (χ2n) is 7.25. The normalized spacial score (nSPS) is 11.8. The maximum Gasteiger partial charge on any atom is 0.220 e. The van der Waals surface area contributed by atoms with E-state index in [4.69, 9.17) is 0 Å². The standard InChI is InChI=1S/C22H32N4O2S/c1-16(18-7-9-19(10-8-18)22-17(2)26-15-29-22)14-21(28)24-11-5-4-6-20(27)25-13-12-23-3/h7-10,15-16,23H,4-6,11-14H2,1-3H3,(H,24,28)(H,25,27)/t16-/m0/s1. The van der Waals surface area contributed by atoms with Gasteiger partial charge in [0.25, 0.3) is 0 Å². The number of aryl methyl sites for hydroxylation is 1. The van der Waals surface area contributed by atoms with Gasteiger partial charge in [-0.25, -0.2) is 4.98 Å². The van der Waals surface area contributed by atoms with Crippen LogP contribution in [0.15, 0.2) is 29.8 Å². The highest BCUT2D eigenvalue weighted by Crippen LogP contribution is 2.29. The molecule has 7 heteroatoms. The molecular weight excluding hydrogens is 384 g/mol. The molecule has 1 aromatic carbocycles. The lowest BCUT2D eigenvalue weighted by Crippen LogP contribution is -2.30. The fourth-order valence-corrected chi connectivity index (χ4v) is 3.88. The lowest BCUT2D eigenvalue weighted by atomic mass is 9.96. The van der Waals surface area contributed by atoms with Gasteiger partial charge in [0.1, 0.15) is 0 Å². The number of likely N-dealkylation sites (N-methyl/N-ethyl adjacent to an activating group) is 1. The summed E-state index contributed by atoms with van der Waals surface area (Å²) in [6.07, 6.45) is 2.55. The minimum atomic E-state index is 0.0540. The van der Waals surface area contributed by atoms with Crippen molar-refractivity contribution < 1.29 is 9.59 Å². The molecule has 2 rings (SSSR count). The molecule has 1 atom stereocenters. The number of amides is 2. The number of benzene rings is 1. The molecule has 0 aliphatic carbocycles. The number of nitrogens with one attached hydrogen (secondary N) is 3. The van der Waals surface area contributed by atoms with E-state index in [0.29, 0.717) is 25.9 Å². The summed E-state index contributed by atoms with van der Waals surface area (Å²) < 4.78 is 0. The largest absolute Gasteiger partial charge is 0.356 e. The van der Waals surface area contributed by atoms with Gasteiger partial charge in [0.2, 0.25) is 11.8 Å². The zero-order chi connectivity index (χ0) is 21.1. The van der Waals surface area contributed by atoms with Gasteiger partial charge >= 0.3 is 0 Å². The zero-order valence-corrected chi connectivity index (χ0v) is 18.4. The van der Waals surface area contributed by atoms with Crippen LogP contribution in [-0.4, -0.2) is 43.5 Å². The number of nitrogens with zero attached hydrogens (tertiary/aromatic N) is 1. The summed E-state index contributed by atoms with van der Waals surface area (Å²) >= 11 is 1.64. The Balaban J connectivity index is 1.66. The van der Waals surface area contributed by atoms with Gasteiger partial charge in [-0.2, -0.15) is 0 Å². The molecule has 0 bridgehead atoms. The van der Waals surface area contributed by atoms with E-state index in [1.165, 1.54) is 10.4 Å². The van der Waals surface area contributed by atoms with Crippen LogP contribution >= 0.6 is 11.3 Å². The summed E-state index contributed by atoms with van der Waals surface area (Å²) in [7, 11) is 1.86. The lowest BCUT2D eigenvalue weighted by molar-refractivity contribution is -0.121. The number of carbonyl (C=O) groups is 2. The third kappa shape index (κ3) is 7.95. The molecule has 1 aromatic heterocycles. The van der Waals surface area contributed by atoms with Crippen LogP contribution in [0.4, 0.5) is 0 Å². The Morgan fingerprint density at radius 3 is 2.41 bits per heavy atom. The average Bonchev–Trinajstić information content (AvgIpc) is 3.14. The highest BCUT2D eigenvalue weighted by Gasteiger charge is 2.12. The zero-order valence-electron chi connectivity index (χ0n) is 17.6. The maximum atomic E-state index is 12.2. The van der Waals surface area contributed by atoms with Crippen LogP contribution in [0.1, 0.15) is 49.8 Å². The Kier molecular flexibility index (Phi) is 9.80. The van der Waals surface area contributed by atoms with Crippen molar-refractivity contribution in [2.24, 2.45) is 0 Å². The molecule has 6 nitrogen and oxygen atoms in total. The molecule has 158 valence electrons. The van der Waals surface area contributed by atoms with Crippen LogP contribution in [0.5, 0.6) is 0 Å². The van der Waals surface area contributed by atoms with E-state index in [1.807, 2.05) is 19.5 Å². The molecule has 0 unspecified atom stereocenters. The molecule has 0 saturated carbocycles. The number of carbonyl (C=O) groups excluding carboxylic acids is 2. The Morgan fingerprint density at radius 1 is 1.03 bits per heavy atom. The van der Waals surface area contributed by atoms with Crippen LogP contribution in [-0.2, 0) is 9.59 Å². The Morgan fingerprint density at radius 2 is 1.76 bits per heavy atom.